The average molecular weight is 287 g/mol. The van der Waals surface area contributed by atoms with E-state index in [1.54, 1.807) is 0 Å². The Labute approximate surface area is 126 Å². The molecule has 0 radical (unpaired) electrons. The molecule has 2 aliphatic heterocycles. The van der Waals surface area contributed by atoms with E-state index in [4.69, 9.17) is 0 Å². The number of nitrogens with one attached hydrogen (secondary N) is 2. The lowest BCUT2D eigenvalue weighted by Crippen LogP contribution is -2.48. The number of likely N-dealkylation sites (tertiary alicyclic amines) is 1. The number of hydrogen-bond donors (Lipinski definition) is 2. The van der Waals surface area contributed by atoms with E-state index < -0.39 is 0 Å². The largest absolute Gasteiger partial charge is 0.325 e. The number of hydrogen-bond acceptors (Lipinski definition) is 3. The van der Waals surface area contributed by atoms with Crippen molar-refractivity contribution in [3.63, 3.8) is 0 Å². The lowest BCUT2D eigenvalue weighted by molar-refractivity contribution is -0.118. The topological polar surface area (TPSA) is 44.4 Å². The minimum absolute atomic E-state index is 0.108. The van der Waals surface area contributed by atoms with Gasteiger partial charge in [-0.2, -0.15) is 0 Å². The van der Waals surface area contributed by atoms with Gasteiger partial charge in [-0.05, 0) is 62.9 Å². The van der Waals surface area contributed by atoms with Crippen LogP contribution in [0.15, 0.2) is 18.2 Å². The highest BCUT2D eigenvalue weighted by Gasteiger charge is 2.35. The Hall–Kier alpha value is -1.39. The fourth-order valence-corrected chi connectivity index (χ4v) is 3.62. The molecule has 2 atom stereocenters. The Morgan fingerprint density at radius 2 is 2.24 bits per heavy atom. The van der Waals surface area contributed by atoms with Crippen LogP contribution in [-0.4, -0.2) is 43.0 Å². The predicted molar refractivity (Wildman–Crippen MR) is 85.5 cm³/mol. The zero-order valence-electron chi connectivity index (χ0n) is 13.0. The Kier molecular flexibility index (Phi) is 4.27. The summed E-state index contributed by atoms with van der Waals surface area (Å²) in [4.78, 5) is 14.7. The van der Waals surface area contributed by atoms with Crippen molar-refractivity contribution in [2.45, 2.75) is 32.7 Å². The first-order chi connectivity index (χ1) is 10.1. The Bertz CT molecular complexity index is 529. The van der Waals surface area contributed by atoms with E-state index in [1.807, 2.05) is 12.1 Å². The van der Waals surface area contributed by atoms with E-state index >= 15 is 0 Å². The fourth-order valence-electron chi connectivity index (χ4n) is 3.62. The predicted octanol–water partition coefficient (Wildman–Crippen LogP) is 1.93. The first-order valence-electron chi connectivity index (χ1n) is 7.96. The van der Waals surface area contributed by atoms with Gasteiger partial charge in [-0.25, -0.2) is 0 Å². The molecule has 1 aromatic carbocycles. The van der Waals surface area contributed by atoms with E-state index in [-0.39, 0.29) is 5.91 Å². The van der Waals surface area contributed by atoms with Crippen molar-refractivity contribution in [2.24, 2.45) is 5.92 Å². The lowest BCUT2D eigenvalue weighted by atomic mass is 9.92. The number of nitrogens with zero attached hydrogens (tertiary/aromatic N) is 1. The van der Waals surface area contributed by atoms with Gasteiger partial charge in [0.2, 0.25) is 5.91 Å². The normalized spacial score (nSPS) is 25.6. The number of fused-ring (bicyclic) bond motifs is 1. The van der Waals surface area contributed by atoms with Crippen LogP contribution in [0.25, 0.3) is 0 Å². The van der Waals surface area contributed by atoms with Crippen molar-refractivity contribution in [1.29, 1.82) is 0 Å². The van der Waals surface area contributed by atoms with Crippen molar-refractivity contribution in [1.82, 2.24) is 10.2 Å². The van der Waals surface area contributed by atoms with Gasteiger partial charge in [0.25, 0.3) is 0 Å². The summed E-state index contributed by atoms with van der Waals surface area (Å²) in [6.45, 7) is 7.83. The SMILES string of the molecule is Cc1cccc(NC(=O)CN2CCCC3CNCC32)c1C. The van der Waals surface area contributed by atoms with Crippen molar-refractivity contribution < 1.29 is 4.79 Å². The van der Waals surface area contributed by atoms with E-state index in [1.165, 1.54) is 18.4 Å². The molecule has 2 N–H and O–H groups in total. The van der Waals surface area contributed by atoms with Crippen LogP contribution < -0.4 is 10.6 Å². The third kappa shape index (κ3) is 3.11. The molecule has 0 aliphatic carbocycles. The van der Waals surface area contributed by atoms with Gasteiger partial charge in [0, 0.05) is 18.3 Å². The van der Waals surface area contributed by atoms with Crippen molar-refractivity contribution in [3.05, 3.63) is 29.3 Å². The summed E-state index contributed by atoms with van der Waals surface area (Å²) in [6, 6.07) is 6.60. The highest BCUT2D eigenvalue weighted by atomic mass is 16.2. The monoisotopic (exact) mass is 287 g/mol. The number of benzene rings is 1. The summed E-state index contributed by atoms with van der Waals surface area (Å²) in [5.41, 5.74) is 3.31. The molecular formula is C17H25N3O. The number of carbonyl (C=O) groups is 1. The molecule has 114 valence electrons. The smallest absolute Gasteiger partial charge is 0.238 e. The van der Waals surface area contributed by atoms with Crippen LogP contribution >= 0.6 is 0 Å². The van der Waals surface area contributed by atoms with Gasteiger partial charge in [-0.1, -0.05) is 12.1 Å². The molecule has 1 amide bonds. The van der Waals surface area contributed by atoms with Crippen molar-refractivity contribution >= 4 is 11.6 Å². The second-order valence-corrected chi connectivity index (χ2v) is 6.39. The lowest BCUT2D eigenvalue weighted by Gasteiger charge is -2.36. The molecule has 4 nitrogen and oxygen atoms in total. The molecule has 2 unspecified atom stereocenters. The number of amides is 1. The van der Waals surface area contributed by atoms with Crippen molar-refractivity contribution in [3.8, 4) is 0 Å². The first kappa shape index (κ1) is 14.5. The maximum absolute atomic E-state index is 12.4. The third-order valence-corrected chi connectivity index (χ3v) is 5.02. The van der Waals surface area contributed by atoms with Crippen LogP contribution in [0.2, 0.25) is 0 Å². The standard InChI is InChI=1S/C17H25N3O/c1-12-5-3-7-15(13(12)2)19-17(21)11-20-8-4-6-14-9-18-10-16(14)20/h3,5,7,14,16,18H,4,6,8-11H2,1-2H3,(H,19,21). The maximum Gasteiger partial charge on any atom is 0.238 e. The van der Waals surface area contributed by atoms with Crippen LogP contribution in [0.3, 0.4) is 0 Å². The van der Waals surface area contributed by atoms with E-state index in [2.05, 4.69) is 35.4 Å². The second-order valence-electron chi connectivity index (χ2n) is 6.39. The summed E-state index contributed by atoms with van der Waals surface area (Å²) in [5.74, 6) is 0.837. The zero-order valence-corrected chi connectivity index (χ0v) is 13.0. The number of anilines is 1. The van der Waals surface area contributed by atoms with Gasteiger partial charge >= 0.3 is 0 Å². The molecular weight excluding hydrogens is 262 g/mol. The maximum atomic E-state index is 12.4. The summed E-state index contributed by atoms with van der Waals surface area (Å²) < 4.78 is 0. The number of rotatable bonds is 3. The molecule has 2 aliphatic rings. The molecule has 2 fully saturated rings. The molecule has 2 saturated heterocycles. The van der Waals surface area contributed by atoms with Gasteiger partial charge in [0.05, 0.1) is 6.54 Å². The summed E-state index contributed by atoms with van der Waals surface area (Å²) >= 11 is 0. The van der Waals surface area contributed by atoms with E-state index in [9.17, 15) is 4.79 Å². The fraction of sp³-hybridized carbons (Fsp3) is 0.588. The third-order valence-electron chi connectivity index (χ3n) is 5.02. The van der Waals surface area contributed by atoms with Gasteiger partial charge in [-0.3, -0.25) is 9.69 Å². The minimum Gasteiger partial charge on any atom is -0.325 e. The van der Waals surface area contributed by atoms with Gasteiger partial charge in [0.15, 0.2) is 0 Å². The summed E-state index contributed by atoms with van der Waals surface area (Å²) in [7, 11) is 0. The van der Waals surface area contributed by atoms with Crippen LogP contribution in [0, 0.1) is 19.8 Å². The molecule has 4 heteroatoms. The molecule has 21 heavy (non-hydrogen) atoms. The second kappa shape index (κ2) is 6.16. The zero-order chi connectivity index (χ0) is 14.8. The molecule has 3 rings (SSSR count). The summed E-state index contributed by atoms with van der Waals surface area (Å²) in [5, 5.41) is 6.54. The highest BCUT2D eigenvalue weighted by molar-refractivity contribution is 5.93. The Balaban J connectivity index is 1.62. The average Bonchev–Trinajstić information content (AvgIpc) is 2.93. The van der Waals surface area contributed by atoms with Crippen LogP contribution in [0.4, 0.5) is 5.69 Å². The molecule has 1 aromatic rings. The molecule has 0 spiro atoms. The Morgan fingerprint density at radius 1 is 1.38 bits per heavy atom. The van der Waals surface area contributed by atoms with E-state index in [0.29, 0.717) is 12.6 Å². The summed E-state index contributed by atoms with van der Waals surface area (Å²) in [6.07, 6.45) is 2.51. The molecule has 0 aromatic heterocycles. The van der Waals surface area contributed by atoms with Crippen LogP contribution in [-0.2, 0) is 4.79 Å². The van der Waals surface area contributed by atoms with Gasteiger partial charge < -0.3 is 10.6 Å². The number of aryl methyl sites for hydroxylation is 1. The van der Waals surface area contributed by atoms with E-state index in [0.717, 1.165) is 36.8 Å². The first-order valence-corrected chi connectivity index (χ1v) is 7.96. The molecule has 2 heterocycles. The van der Waals surface area contributed by atoms with Crippen molar-refractivity contribution in [2.75, 3.05) is 31.5 Å². The van der Waals surface area contributed by atoms with Gasteiger partial charge in [-0.15, -0.1) is 0 Å². The number of carbonyl (C=O) groups excluding carboxylic acids is 1. The number of piperidine rings is 1. The molecule has 0 bridgehead atoms. The highest BCUT2D eigenvalue weighted by Crippen LogP contribution is 2.26. The Morgan fingerprint density at radius 3 is 3.10 bits per heavy atom. The van der Waals surface area contributed by atoms with Crippen LogP contribution in [0.5, 0.6) is 0 Å². The van der Waals surface area contributed by atoms with Crippen LogP contribution in [0.1, 0.15) is 24.0 Å². The van der Waals surface area contributed by atoms with Gasteiger partial charge in [0.1, 0.15) is 0 Å². The molecule has 0 saturated carbocycles. The minimum atomic E-state index is 0.108. The quantitative estimate of drug-likeness (QED) is 0.893.